The summed E-state index contributed by atoms with van der Waals surface area (Å²) in [7, 11) is 1.35. The molecule has 178 valence electrons. The van der Waals surface area contributed by atoms with Gasteiger partial charge in [-0.1, -0.05) is 12.1 Å². The first kappa shape index (κ1) is 23.2. The molecule has 1 amide bonds. The lowest BCUT2D eigenvalue weighted by Gasteiger charge is -2.18. The Kier molecular flexibility index (Phi) is 7.38. The summed E-state index contributed by atoms with van der Waals surface area (Å²) in [5.74, 6) is 1.06. The molecule has 1 aromatic carbocycles. The number of amides is 1. The van der Waals surface area contributed by atoms with Crippen LogP contribution in [-0.4, -0.2) is 59.2 Å². The topological polar surface area (TPSA) is 114 Å². The summed E-state index contributed by atoms with van der Waals surface area (Å²) < 4.78 is 34.6. The number of anilines is 3. The highest BCUT2D eigenvalue weighted by Crippen LogP contribution is 2.25. The average molecular weight is 471 g/mol. The third-order valence-corrected chi connectivity index (χ3v) is 5.20. The van der Waals surface area contributed by atoms with Crippen molar-refractivity contribution in [3.05, 3.63) is 60.3 Å². The van der Waals surface area contributed by atoms with Crippen molar-refractivity contribution in [1.82, 2.24) is 20.4 Å². The highest BCUT2D eigenvalue weighted by atomic mass is 19.3. The van der Waals surface area contributed by atoms with Gasteiger partial charge < -0.3 is 25.0 Å². The minimum absolute atomic E-state index is 0.0655. The van der Waals surface area contributed by atoms with E-state index in [0.717, 1.165) is 25.3 Å². The zero-order valence-electron chi connectivity index (χ0n) is 18.3. The van der Waals surface area contributed by atoms with Gasteiger partial charge in [-0.2, -0.15) is 13.9 Å². The molecule has 0 bridgehead atoms. The predicted molar refractivity (Wildman–Crippen MR) is 120 cm³/mol. The lowest BCUT2D eigenvalue weighted by Crippen LogP contribution is -2.27. The molecule has 2 aromatic heterocycles. The van der Waals surface area contributed by atoms with Gasteiger partial charge in [0.05, 0.1) is 0 Å². The van der Waals surface area contributed by atoms with Crippen molar-refractivity contribution in [3.63, 3.8) is 0 Å². The second kappa shape index (κ2) is 10.8. The van der Waals surface area contributed by atoms with E-state index in [1.165, 1.54) is 25.3 Å². The Hall–Kier alpha value is -3.93. The maximum absolute atomic E-state index is 12.7. The summed E-state index contributed by atoms with van der Waals surface area (Å²) in [6.07, 6.45) is 1.48. The maximum atomic E-state index is 12.7. The highest BCUT2D eigenvalue weighted by molar-refractivity contribution is 5.94. The monoisotopic (exact) mass is 471 g/mol. The van der Waals surface area contributed by atoms with E-state index in [4.69, 9.17) is 4.74 Å². The fourth-order valence-electron chi connectivity index (χ4n) is 3.67. The Morgan fingerprint density at radius 3 is 2.71 bits per heavy atom. The number of alkyl halides is 2. The molecule has 4 rings (SSSR count). The second-order valence-corrected chi connectivity index (χ2v) is 7.52. The van der Waals surface area contributed by atoms with Crippen LogP contribution in [0.25, 0.3) is 0 Å². The van der Waals surface area contributed by atoms with Crippen LogP contribution in [0.3, 0.4) is 0 Å². The van der Waals surface area contributed by atoms with E-state index in [9.17, 15) is 13.6 Å². The molecule has 1 aliphatic rings. The summed E-state index contributed by atoms with van der Waals surface area (Å²) in [4.78, 5) is 14.8. The van der Waals surface area contributed by atoms with Crippen LogP contribution in [0, 0.1) is 0 Å². The molecule has 3 heterocycles. The smallest absolute Gasteiger partial charge is 0.387 e. The summed E-state index contributed by atoms with van der Waals surface area (Å²) in [5, 5.41) is 22.2. The molecule has 1 fully saturated rings. The quantitative estimate of drug-likeness (QED) is 0.486. The van der Waals surface area contributed by atoms with Gasteiger partial charge >= 0.3 is 6.61 Å². The molecule has 34 heavy (non-hydrogen) atoms. The van der Waals surface area contributed by atoms with Gasteiger partial charge in [0.25, 0.3) is 5.91 Å². The summed E-state index contributed by atoms with van der Waals surface area (Å²) >= 11 is 0. The standard InChI is InChI=1S/C22H23F2N7O3/c1-33-20(14-4-2-5-16(12-14)34-22(23)24)21(32)27-18-7-8-19(30-29-18)31-11-9-15(13-31)26-17-6-3-10-25-28-17/h2-8,10,12,15,20,22H,9,11,13H2,1H3,(H,26,28)(H,27,29,32). The Labute approximate surface area is 194 Å². The van der Waals surface area contributed by atoms with Gasteiger partial charge in [-0.25, -0.2) is 0 Å². The van der Waals surface area contributed by atoms with Crippen LogP contribution in [0.4, 0.5) is 26.2 Å². The molecule has 2 N–H and O–H groups in total. The second-order valence-electron chi connectivity index (χ2n) is 7.52. The molecule has 2 atom stereocenters. The number of hydrogen-bond donors (Lipinski definition) is 2. The Morgan fingerprint density at radius 1 is 1.12 bits per heavy atom. The summed E-state index contributed by atoms with van der Waals surface area (Å²) in [6, 6.07) is 13.1. The predicted octanol–water partition coefficient (Wildman–Crippen LogP) is 2.89. The minimum atomic E-state index is -2.97. The molecule has 1 aliphatic heterocycles. The molecule has 2 unspecified atom stereocenters. The molecule has 0 saturated carbocycles. The molecule has 10 nitrogen and oxygen atoms in total. The Balaban J connectivity index is 1.35. The van der Waals surface area contributed by atoms with Crippen molar-refractivity contribution in [1.29, 1.82) is 0 Å². The number of hydrogen-bond acceptors (Lipinski definition) is 9. The van der Waals surface area contributed by atoms with Crippen LogP contribution in [0.15, 0.2) is 54.7 Å². The van der Waals surface area contributed by atoms with Crippen molar-refractivity contribution < 1.29 is 23.0 Å². The van der Waals surface area contributed by atoms with Crippen LogP contribution in [0.1, 0.15) is 18.1 Å². The molecule has 0 aliphatic carbocycles. The summed E-state index contributed by atoms with van der Waals surface area (Å²) in [5.41, 5.74) is 0.362. The fraction of sp³-hybridized carbons (Fsp3) is 0.318. The van der Waals surface area contributed by atoms with Crippen molar-refractivity contribution in [2.45, 2.75) is 25.2 Å². The third kappa shape index (κ3) is 5.90. The van der Waals surface area contributed by atoms with E-state index < -0.39 is 18.6 Å². The van der Waals surface area contributed by atoms with Gasteiger partial charge in [0.15, 0.2) is 17.7 Å². The van der Waals surface area contributed by atoms with Crippen LogP contribution in [-0.2, 0) is 9.53 Å². The Bertz CT molecular complexity index is 1090. The Morgan fingerprint density at radius 2 is 2.00 bits per heavy atom. The van der Waals surface area contributed by atoms with Crippen molar-refractivity contribution in [2.75, 3.05) is 35.7 Å². The zero-order chi connectivity index (χ0) is 23.9. The van der Waals surface area contributed by atoms with Crippen LogP contribution in [0.5, 0.6) is 5.75 Å². The van der Waals surface area contributed by atoms with E-state index in [1.54, 1.807) is 24.4 Å². The first-order valence-corrected chi connectivity index (χ1v) is 10.5. The van der Waals surface area contributed by atoms with E-state index in [2.05, 4.69) is 40.7 Å². The number of halogens is 2. The number of carbonyl (C=O) groups excluding carboxylic acids is 1. The maximum Gasteiger partial charge on any atom is 0.387 e. The number of carbonyl (C=O) groups is 1. The number of nitrogens with one attached hydrogen (secondary N) is 2. The number of ether oxygens (including phenoxy) is 2. The number of methoxy groups -OCH3 is 1. The molecule has 12 heteroatoms. The molecule has 0 radical (unpaired) electrons. The van der Waals surface area contributed by atoms with Crippen LogP contribution in [0.2, 0.25) is 0 Å². The van der Waals surface area contributed by atoms with E-state index in [-0.39, 0.29) is 17.6 Å². The van der Waals surface area contributed by atoms with Crippen LogP contribution < -0.4 is 20.3 Å². The SMILES string of the molecule is COC(C(=O)Nc1ccc(N2CCC(Nc3cccnn3)C2)nn1)c1cccc(OC(F)F)c1. The van der Waals surface area contributed by atoms with Crippen molar-refractivity contribution >= 4 is 23.4 Å². The van der Waals surface area contributed by atoms with Gasteiger partial charge in [-0.15, -0.1) is 15.3 Å². The number of aromatic nitrogens is 4. The molecular weight excluding hydrogens is 448 g/mol. The van der Waals surface area contributed by atoms with Crippen LogP contribution >= 0.6 is 0 Å². The van der Waals surface area contributed by atoms with E-state index >= 15 is 0 Å². The average Bonchev–Trinajstić information content (AvgIpc) is 3.29. The van der Waals surface area contributed by atoms with E-state index in [1.807, 2.05) is 12.1 Å². The van der Waals surface area contributed by atoms with Gasteiger partial charge in [0, 0.05) is 32.4 Å². The number of benzene rings is 1. The summed E-state index contributed by atoms with van der Waals surface area (Å²) in [6.45, 7) is -1.45. The minimum Gasteiger partial charge on any atom is -0.435 e. The highest BCUT2D eigenvalue weighted by Gasteiger charge is 2.25. The van der Waals surface area contributed by atoms with E-state index in [0.29, 0.717) is 11.4 Å². The first-order chi connectivity index (χ1) is 16.5. The fourth-order valence-corrected chi connectivity index (χ4v) is 3.67. The number of nitrogens with zero attached hydrogens (tertiary/aromatic N) is 5. The molecule has 0 spiro atoms. The van der Waals surface area contributed by atoms with Gasteiger partial charge in [0.2, 0.25) is 0 Å². The third-order valence-electron chi connectivity index (χ3n) is 5.20. The first-order valence-electron chi connectivity index (χ1n) is 10.5. The van der Waals surface area contributed by atoms with Crippen molar-refractivity contribution in [3.8, 4) is 5.75 Å². The zero-order valence-corrected chi connectivity index (χ0v) is 18.3. The molecule has 1 saturated heterocycles. The van der Waals surface area contributed by atoms with Gasteiger partial charge in [-0.3, -0.25) is 4.79 Å². The molecule has 3 aromatic rings. The van der Waals surface area contributed by atoms with Gasteiger partial charge in [-0.05, 0) is 48.4 Å². The number of rotatable bonds is 9. The lowest BCUT2D eigenvalue weighted by atomic mass is 10.1. The lowest BCUT2D eigenvalue weighted by molar-refractivity contribution is -0.126. The molecular formula is C22H23F2N7O3. The normalized spacial score (nSPS) is 16.4. The van der Waals surface area contributed by atoms with Gasteiger partial charge in [0.1, 0.15) is 11.6 Å². The largest absolute Gasteiger partial charge is 0.435 e. The van der Waals surface area contributed by atoms with Crippen molar-refractivity contribution in [2.24, 2.45) is 0 Å².